The standard InChI is InChI=1S/C42H70O17/c1-22(2)13-30(43)51-19-28-36(49)39(56-34(47)17-26(9)10)37(50)41(54-28)59-42(21-53-32(45)15-24(5)6)40(57-35(48)18-27(11)12)38(55-33(46)16-25(7)8)29(58-42)20-52-31(44)14-23(3)4/h22-29,36-41,49-50H,13-21H2,1-12H3/t28-,29-,36-,37-,38-,39+,40+,41-,42+/m1/s1. The molecule has 2 heterocycles. The lowest BCUT2D eigenvalue weighted by Gasteiger charge is -2.45. The summed E-state index contributed by atoms with van der Waals surface area (Å²) in [5.74, 6) is -7.46. The smallest absolute Gasteiger partial charge is 0.306 e. The number of hydrogen-bond acceptors (Lipinski definition) is 17. The Morgan fingerprint density at radius 2 is 0.864 bits per heavy atom. The molecule has 17 heteroatoms. The normalized spacial score (nSPS) is 27.1. The van der Waals surface area contributed by atoms with E-state index in [1.165, 1.54) is 0 Å². The van der Waals surface area contributed by atoms with Crippen molar-refractivity contribution in [2.75, 3.05) is 19.8 Å². The van der Waals surface area contributed by atoms with E-state index in [1.54, 1.807) is 55.4 Å². The van der Waals surface area contributed by atoms with Crippen molar-refractivity contribution in [2.45, 2.75) is 176 Å². The highest BCUT2D eigenvalue weighted by Crippen LogP contribution is 2.41. The third kappa shape index (κ3) is 17.6. The third-order valence-electron chi connectivity index (χ3n) is 8.90. The van der Waals surface area contributed by atoms with E-state index in [-0.39, 0.29) is 74.0 Å². The first-order valence-electron chi connectivity index (χ1n) is 20.8. The van der Waals surface area contributed by atoms with Gasteiger partial charge in [0.05, 0.1) is 0 Å². The minimum Gasteiger partial charge on any atom is -0.463 e. The van der Waals surface area contributed by atoms with Crippen LogP contribution < -0.4 is 0 Å². The molecule has 0 aromatic carbocycles. The van der Waals surface area contributed by atoms with Crippen LogP contribution in [0.25, 0.3) is 0 Å². The third-order valence-corrected chi connectivity index (χ3v) is 8.90. The number of ether oxygens (including phenoxy) is 9. The molecule has 2 rings (SSSR count). The maximum absolute atomic E-state index is 13.5. The molecule has 2 saturated heterocycles. The van der Waals surface area contributed by atoms with E-state index >= 15 is 0 Å². The first-order valence-corrected chi connectivity index (χ1v) is 20.8. The molecule has 2 N–H and O–H groups in total. The van der Waals surface area contributed by atoms with Crippen molar-refractivity contribution in [2.24, 2.45) is 35.5 Å². The Labute approximate surface area is 348 Å². The van der Waals surface area contributed by atoms with Gasteiger partial charge in [-0.2, -0.15) is 0 Å². The Morgan fingerprint density at radius 1 is 0.492 bits per heavy atom. The number of rotatable bonds is 23. The monoisotopic (exact) mass is 846 g/mol. The first kappa shape index (κ1) is 51.8. The van der Waals surface area contributed by atoms with Gasteiger partial charge in [0.15, 0.2) is 24.6 Å². The van der Waals surface area contributed by atoms with E-state index in [4.69, 9.17) is 42.6 Å². The SMILES string of the molecule is CC(C)CC(=O)OC[C@H]1O[C@H](O[C@]2(COC(=O)CC(C)C)O[C@H](COC(=O)CC(C)C)[C@@H](OC(=O)CC(C)C)[C@@H]2OC(=O)CC(C)C)[C@H](O)[C@@H](OC(=O)CC(C)C)[C@@H]1O. The molecule has 340 valence electrons. The Bertz CT molecular complexity index is 1380. The number of carbonyl (C=O) groups excluding carboxylic acids is 6. The Balaban J connectivity index is 2.79. The second-order valence-corrected chi connectivity index (χ2v) is 18.0. The van der Waals surface area contributed by atoms with Crippen molar-refractivity contribution in [3.63, 3.8) is 0 Å². The van der Waals surface area contributed by atoms with Crippen LogP contribution in [0.15, 0.2) is 0 Å². The second kappa shape index (κ2) is 24.2. The van der Waals surface area contributed by atoms with Crippen molar-refractivity contribution in [3.8, 4) is 0 Å². The molecule has 59 heavy (non-hydrogen) atoms. The van der Waals surface area contributed by atoms with Gasteiger partial charge in [0.1, 0.15) is 44.2 Å². The van der Waals surface area contributed by atoms with Crippen LogP contribution in [0.2, 0.25) is 0 Å². The minimum absolute atomic E-state index is 0.0380. The quantitative estimate of drug-likeness (QED) is 0.109. The molecule has 2 fully saturated rings. The van der Waals surface area contributed by atoms with Crippen molar-refractivity contribution >= 4 is 35.8 Å². The molecule has 0 aromatic rings. The van der Waals surface area contributed by atoms with Gasteiger partial charge >= 0.3 is 35.8 Å². The zero-order chi connectivity index (χ0) is 44.8. The lowest BCUT2D eigenvalue weighted by molar-refractivity contribution is -0.384. The molecule has 2 aliphatic rings. The van der Waals surface area contributed by atoms with Crippen LogP contribution in [-0.4, -0.2) is 121 Å². The summed E-state index contributed by atoms with van der Waals surface area (Å²) in [5, 5.41) is 23.2. The Hall–Kier alpha value is -3.38. The average molecular weight is 847 g/mol. The summed E-state index contributed by atoms with van der Waals surface area (Å²) in [4.78, 5) is 78.4. The molecule has 0 spiro atoms. The molecule has 0 aliphatic carbocycles. The highest BCUT2D eigenvalue weighted by Gasteiger charge is 2.64. The summed E-state index contributed by atoms with van der Waals surface area (Å²) in [6.45, 7) is 19.5. The van der Waals surface area contributed by atoms with E-state index in [1.807, 2.05) is 27.7 Å². The second-order valence-electron chi connectivity index (χ2n) is 18.0. The maximum atomic E-state index is 13.5. The summed E-state index contributed by atoms with van der Waals surface area (Å²) in [6.07, 6.45) is -13.8. The van der Waals surface area contributed by atoms with Crippen LogP contribution in [0.3, 0.4) is 0 Å². The van der Waals surface area contributed by atoms with Crippen LogP contribution >= 0.6 is 0 Å². The van der Waals surface area contributed by atoms with Crippen molar-refractivity contribution in [1.29, 1.82) is 0 Å². The average Bonchev–Trinajstić information content (AvgIpc) is 3.34. The number of hydrogen-bond donors (Lipinski definition) is 2. The van der Waals surface area contributed by atoms with Gasteiger partial charge in [-0.05, 0) is 35.5 Å². The Morgan fingerprint density at radius 3 is 1.31 bits per heavy atom. The summed E-state index contributed by atoms with van der Waals surface area (Å²) < 4.78 is 53.1. The summed E-state index contributed by atoms with van der Waals surface area (Å²) in [7, 11) is 0. The van der Waals surface area contributed by atoms with Gasteiger partial charge in [0.2, 0.25) is 5.79 Å². The lowest BCUT2D eigenvalue weighted by Crippen LogP contribution is -2.64. The van der Waals surface area contributed by atoms with Gasteiger partial charge in [0, 0.05) is 38.5 Å². The largest absolute Gasteiger partial charge is 0.463 e. The predicted molar refractivity (Wildman–Crippen MR) is 209 cm³/mol. The van der Waals surface area contributed by atoms with Crippen LogP contribution in [0.5, 0.6) is 0 Å². The lowest BCUT2D eigenvalue weighted by atomic mass is 9.98. The first-order chi connectivity index (χ1) is 27.4. The van der Waals surface area contributed by atoms with Gasteiger partial charge in [-0.25, -0.2) is 0 Å². The van der Waals surface area contributed by atoms with Crippen molar-refractivity contribution in [3.05, 3.63) is 0 Å². The van der Waals surface area contributed by atoms with Crippen LogP contribution in [0.1, 0.15) is 122 Å². The number of aliphatic hydroxyl groups excluding tert-OH is 2. The van der Waals surface area contributed by atoms with Crippen LogP contribution in [0.4, 0.5) is 0 Å². The molecule has 0 aromatic heterocycles. The highest BCUT2D eigenvalue weighted by atomic mass is 16.8. The molecule has 0 bridgehead atoms. The molecule has 0 amide bonds. The van der Waals surface area contributed by atoms with Crippen molar-refractivity contribution in [1.82, 2.24) is 0 Å². The molecule has 17 nitrogen and oxygen atoms in total. The van der Waals surface area contributed by atoms with Gasteiger partial charge in [-0.15, -0.1) is 0 Å². The van der Waals surface area contributed by atoms with Gasteiger partial charge in [-0.1, -0.05) is 83.1 Å². The fourth-order valence-electron chi connectivity index (χ4n) is 6.27. The van der Waals surface area contributed by atoms with Crippen LogP contribution in [-0.2, 0) is 71.4 Å². The zero-order valence-electron chi connectivity index (χ0n) is 37.0. The summed E-state index contributed by atoms with van der Waals surface area (Å²) in [6, 6.07) is 0. The summed E-state index contributed by atoms with van der Waals surface area (Å²) >= 11 is 0. The van der Waals surface area contributed by atoms with E-state index in [2.05, 4.69) is 0 Å². The van der Waals surface area contributed by atoms with Gasteiger partial charge in [0.25, 0.3) is 0 Å². The maximum Gasteiger partial charge on any atom is 0.306 e. The number of esters is 6. The highest BCUT2D eigenvalue weighted by molar-refractivity contribution is 5.72. The molecule has 0 unspecified atom stereocenters. The molecular weight excluding hydrogens is 776 g/mol. The van der Waals surface area contributed by atoms with Gasteiger partial charge in [-0.3, -0.25) is 28.8 Å². The predicted octanol–water partition coefficient (Wildman–Crippen LogP) is 4.19. The molecule has 0 radical (unpaired) electrons. The van der Waals surface area contributed by atoms with Crippen molar-refractivity contribution < 1.29 is 81.6 Å². The topological polar surface area (TPSA) is 226 Å². The Kier molecular flexibility index (Phi) is 21.2. The van der Waals surface area contributed by atoms with Crippen LogP contribution in [0, 0.1) is 35.5 Å². The molecule has 2 aliphatic heterocycles. The fourth-order valence-corrected chi connectivity index (χ4v) is 6.27. The summed E-state index contributed by atoms with van der Waals surface area (Å²) in [5.41, 5.74) is 0. The minimum atomic E-state index is -2.46. The molecular formula is C42H70O17. The zero-order valence-corrected chi connectivity index (χ0v) is 37.0. The fraction of sp³-hybridized carbons (Fsp3) is 0.857. The van der Waals surface area contributed by atoms with E-state index < -0.39 is 110 Å². The van der Waals surface area contributed by atoms with Gasteiger partial charge < -0.3 is 52.8 Å². The molecule has 9 atom stereocenters. The van der Waals surface area contributed by atoms with E-state index in [9.17, 15) is 39.0 Å². The van der Waals surface area contributed by atoms with E-state index in [0.717, 1.165) is 0 Å². The number of carbonyl (C=O) groups is 6. The molecule has 0 saturated carbocycles. The van der Waals surface area contributed by atoms with E-state index in [0.29, 0.717) is 0 Å². The number of aliphatic hydroxyl groups is 2.